The molecule has 0 aliphatic rings. The van der Waals surface area contributed by atoms with Gasteiger partial charge in [0.1, 0.15) is 0 Å². The largest absolute Gasteiger partial charge is 0.322 e. The lowest BCUT2D eigenvalue weighted by Crippen LogP contribution is -2.22. The fourth-order valence-electron chi connectivity index (χ4n) is 3.62. The van der Waals surface area contributed by atoms with Crippen molar-refractivity contribution in [2.75, 3.05) is 12.4 Å². The van der Waals surface area contributed by atoms with Crippen LogP contribution in [0.4, 0.5) is 5.69 Å². The first-order chi connectivity index (χ1) is 14.6. The monoisotopic (exact) mass is 395 g/mol. The lowest BCUT2D eigenvalue weighted by molar-refractivity contribution is 0.102. The van der Waals surface area contributed by atoms with Crippen LogP contribution < -0.4 is 5.32 Å². The maximum Gasteiger partial charge on any atom is 0.255 e. The number of para-hydroxylation sites is 1. The Morgan fingerprint density at radius 2 is 1.73 bits per heavy atom. The van der Waals surface area contributed by atoms with Crippen LogP contribution in [-0.4, -0.2) is 22.8 Å². The highest BCUT2D eigenvalue weighted by Gasteiger charge is 2.15. The fourth-order valence-corrected chi connectivity index (χ4v) is 3.62. The van der Waals surface area contributed by atoms with Gasteiger partial charge in [-0.15, -0.1) is 0 Å². The minimum atomic E-state index is -0.101. The second-order valence-electron chi connectivity index (χ2n) is 7.53. The molecule has 0 saturated carbocycles. The molecule has 0 aliphatic heterocycles. The van der Waals surface area contributed by atoms with Crippen LogP contribution in [0.15, 0.2) is 91.1 Å². The molecule has 4 rings (SSSR count). The Labute approximate surface area is 177 Å². The average molecular weight is 396 g/mol. The molecule has 1 heterocycles. The SMILES string of the molecule is CC(c1cccc(NC(=O)c2ccccc2)c1)N(C)Cc1cccc2cccnc12. The van der Waals surface area contributed by atoms with Crippen LogP contribution in [0.2, 0.25) is 0 Å². The van der Waals surface area contributed by atoms with Crippen LogP contribution in [0, 0.1) is 0 Å². The van der Waals surface area contributed by atoms with Crippen molar-refractivity contribution in [2.24, 2.45) is 0 Å². The van der Waals surface area contributed by atoms with Gasteiger partial charge in [-0.1, -0.05) is 54.6 Å². The van der Waals surface area contributed by atoms with E-state index in [-0.39, 0.29) is 11.9 Å². The topological polar surface area (TPSA) is 45.2 Å². The molecule has 4 nitrogen and oxygen atoms in total. The van der Waals surface area contributed by atoms with Gasteiger partial charge < -0.3 is 5.32 Å². The highest BCUT2D eigenvalue weighted by Crippen LogP contribution is 2.25. The van der Waals surface area contributed by atoms with Gasteiger partial charge in [-0.2, -0.15) is 0 Å². The van der Waals surface area contributed by atoms with Crippen LogP contribution in [0.25, 0.3) is 10.9 Å². The molecule has 1 N–H and O–H groups in total. The Morgan fingerprint density at radius 1 is 0.967 bits per heavy atom. The number of rotatable bonds is 6. The number of hydrogen-bond acceptors (Lipinski definition) is 3. The number of anilines is 1. The van der Waals surface area contributed by atoms with Crippen molar-refractivity contribution in [2.45, 2.75) is 19.5 Å². The minimum absolute atomic E-state index is 0.101. The third kappa shape index (κ3) is 4.39. The summed E-state index contributed by atoms with van der Waals surface area (Å²) in [6.45, 7) is 2.97. The third-order valence-electron chi connectivity index (χ3n) is 5.46. The van der Waals surface area contributed by atoms with E-state index in [9.17, 15) is 4.79 Å². The van der Waals surface area contributed by atoms with Crippen molar-refractivity contribution in [3.8, 4) is 0 Å². The smallest absolute Gasteiger partial charge is 0.255 e. The number of carbonyl (C=O) groups excluding carboxylic acids is 1. The molecule has 1 atom stereocenters. The number of hydrogen-bond donors (Lipinski definition) is 1. The van der Waals surface area contributed by atoms with Gasteiger partial charge in [0.25, 0.3) is 5.91 Å². The first-order valence-electron chi connectivity index (χ1n) is 10.1. The summed E-state index contributed by atoms with van der Waals surface area (Å²) in [5, 5.41) is 4.15. The third-order valence-corrected chi connectivity index (χ3v) is 5.46. The van der Waals surface area contributed by atoms with Crippen molar-refractivity contribution in [1.82, 2.24) is 9.88 Å². The van der Waals surface area contributed by atoms with E-state index < -0.39 is 0 Å². The summed E-state index contributed by atoms with van der Waals surface area (Å²) in [6, 6.07) is 27.9. The number of aromatic nitrogens is 1. The van der Waals surface area contributed by atoms with Gasteiger partial charge in [0.15, 0.2) is 0 Å². The first-order valence-corrected chi connectivity index (χ1v) is 10.1. The Bertz CT molecular complexity index is 1150. The van der Waals surface area contributed by atoms with Gasteiger partial charge in [0.05, 0.1) is 5.52 Å². The van der Waals surface area contributed by atoms with Gasteiger partial charge in [0.2, 0.25) is 0 Å². The molecular weight excluding hydrogens is 370 g/mol. The summed E-state index contributed by atoms with van der Waals surface area (Å²) >= 11 is 0. The maximum atomic E-state index is 12.5. The highest BCUT2D eigenvalue weighted by atomic mass is 16.1. The quantitative estimate of drug-likeness (QED) is 0.457. The number of nitrogens with zero attached hydrogens (tertiary/aromatic N) is 2. The van der Waals surface area contributed by atoms with E-state index in [1.165, 1.54) is 5.56 Å². The molecule has 1 aromatic heterocycles. The second kappa shape index (κ2) is 8.89. The zero-order valence-corrected chi connectivity index (χ0v) is 17.2. The fraction of sp³-hybridized carbons (Fsp3) is 0.154. The molecule has 0 saturated heterocycles. The van der Waals surface area contributed by atoms with Crippen LogP contribution in [-0.2, 0) is 6.54 Å². The van der Waals surface area contributed by atoms with Gasteiger partial charge in [-0.05, 0) is 55.4 Å². The van der Waals surface area contributed by atoms with Crippen LogP contribution in [0.3, 0.4) is 0 Å². The number of benzene rings is 3. The van der Waals surface area contributed by atoms with E-state index in [4.69, 9.17) is 0 Å². The highest BCUT2D eigenvalue weighted by molar-refractivity contribution is 6.04. The normalized spacial score (nSPS) is 12.1. The molecule has 150 valence electrons. The Morgan fingerprint density at radius 3 is 2.57 bits per heavy atom. The van der Waals surface area contributed by atoms with Gasteiger partial charge >= 0.3 is 0 Å². The molecule has 0 bridgehead atoms. The van der Waals surface area contributed by atoms with E-state index in [0.717, 1.165) is 28.7 Å². The van der Waals surface area contributed by atoms with E-state index in [2.05, 4.69) is 59.5 Å². The van der Waals surface area contributed by atoms with E-state index in [0.29, 0.717) is 5.56 Å². The summed E-state index contributed by atoms with van der Waals surface area (Å²) < 4.78 is 0. The summed E-state index contributed by atoms with van der Waals surface area (Å²) in [5.41, 5.74) is 4.85. The Kier molecular flexibility index (Phi) is 5.87. The molecule has 4 aromatic rings. The summed E-state index contributed by atoms with van der Waals surface area (Å²) in [5.74, 6) is -0.101. The van der Waals surface area contributed by atoms with Crippen molar-refractivity contribution in [1.29, 1.82) is 0 Å². The van der Waals surface area contributed by atoms with Crippen LogP contribution in [0.1, 0.15) is 34.5 Å². The Balaban J connectivity index is 1.49. The molecule has 0 spiro atoms. The van der Waals surface area contributed by atoms with Gasteiger partial charge in [0, 0.05) is 35.4 Å². The Hall–Kier alpha value is -3.50. The van der Waals surface area contributed by atoms with E-state index >= 15 is 0 Å². The van der Waals surface area contributed by atoms with E-state index in [1.807, 2.05) is 60.8 Å². The molecule has 0 fully saturated rings. The molecule has 1 unspecified atom stereocenters. The number of amides is 1. The lowest BCUT2D eigenvalue weighted by Gasteiger charge is -2.26. The van der Waals surface area contributed by atoms with E-state index in [1.54, 1.807) is 0 Å². The number of carbonyl (C=O) groups is 1. The molecular formula is C26H25N3O. The zero-order chi connectivity index (χ0) is 20.9. The molecule has 30 heavy (non-hydrogen) atoms. The molecule has 0 radical (unpaired) electrons. The number of nitrogens with one attached hydrogen (secondary N) is 1. The number of pyridine rings is 1. The minimum Gasteiger partial charge on any atom is -0.322 e. The second-order valence-corrected chi connectivity index (χ2v) is 7.53. The molecule has 3 aromatic carbocycles. The van der Waals surface area contributed by atoms with Crippen LogP contribution >= 0.6 is 0 Å². The standard InChI is InChI=1S/C26H25N3O/c1-19(29(2)18-23-13-6-11-20-14-8-16-27-25(20)23)22-12-7-15-24(17-22)28-26(30)21-9-4-3-5-10-21/h3-17,19H,18H2,1-2H3,(H,28,30). The van der Waals surface area contributed by atoms with Crippen molar-refractivity contribution in [3.05, 3.63) is 108 Å². The summed E-state index contributed by atoms with van der Waals surface area (Å²) in [7, 11) is 2.11. The zero-order valence-electron chi connectivity index (χ0n) is 17.2. The van der Waals surface area contributed by atoms with Crippen LogP contribution in [0.5, 0.6) is 0 Å². The van der Waals surface area contributed by atoms with Crippen molar-refractivity contribution >= 4 is 22.5 Å². The maximum absolute atomic E-state index is 12.5. The van der Waals surface area contributed by atoms with Crippen molar-refractivity contribution < 1.29 is 4.79 Å². The van der Waals surface area contributed by atoms with Gasteiger partial charge in [-0.25, -0.2) is 0 Å². The predicted octanol–water partition coefficient (Wildman–Crippen LogP) is 5.68. The lowest BCUT2D eigenvalue weighted by atomic mass is 10.0. The predicted molar refractivity (Wildman–Crippen MR) is 122 cm³/mol. The summed E-state index contributed by atoms with van der Waals surface area (Å²) in [6.07, 6.45) is 1.84. The van der Waals surface area contributed by atoms with Gasteiger partial charge in [-0.3, -0.25) is 14.7 Å². The average Bonchev–Trinajstić information content (AvgIpc) is 2.79. The molecule has 4 heteroatoms. The summed E-state index contributed by atoms with van der Waals surface area (Å²) in [4.78, 5) is 19.3. The molecule has 1 amide bonds. The first kappa shape index (κ1) is 19.8. The van der Waals surface area contributed by atoms with Crippen molar-refractivity contribution in [3.63, 3.8) is 0 Å². The number of fused-ring (bicyclic) bond motifs is 1. The molecule has 0 aliphatic carbocycles.